The van der Waals surface area contributed by atoms with Crippen LogP contribution in [0.4, 0.5) is 0 Å². The lowest BCUT2D eigenvalue weighted by molar-refractivity contribution is 0.0889. The summed E-state index contributed by atoms with van der Waals surface area (Å²) in [7, 11) is 0. The van der Waals surface area contributed by atoms with E-state index in [0.717, 1.165) is 11.3 Å². The number of halogens is 1. The molecular weight excluding hydrogens is 202 g/mol. The maximum atomic E-state index is 8.98. The van der Waals surface area contributed by atoms with Gasteiger partial charge in [0.15, 0.2) is 0 Å². The summed E-state index contributed by atoms with van der Waals surface area (Å²) in [6, 6.07) is 5.26. The summed E-state index contributed by atoms with van der Waals surface area (Å²) in [5.74, 6) is 0.729. The Morgan fingerprint density at radius 2 is 2.36 bits per heavy atom. The van der Waals surface area contributed by atoms with Crippen molar-refractivity contribution in [3.05, 3.63) is 28.8 Å². The number of aliphatic hydroxyl groups excluding tert-OH is 1. The molecule has 0 bridgehead atoms. The first-order valence-corrected chi connectivity index (χ1v) is 4.91. The molecule has 0 saturated heterocycles. The van der Waals surface area contributed by atoms with E-state index in [2.05, 4.69) is 0 Å². The highest BCUT2D eigenvalue weighted by atomic mass is 35.5. The number of fused-ring (bicyclic) bond motifs is 1. The molecule has 1 heterocycles. The van der Waals surface area contributed by atoms with Crippen molar-refractivity contribution in [3.8, 4) is 5.75 Å². The third kappa shape index (κ3) is 1.71. The van der Waals surface area contributed by atoms with E-state index >= 15 is 0 Å². The highest BCUT2D eigenvalue weighted by Crippen LogP contribution is 2.34. The monoisotopic (exact) mass is 213 g/mol. The van der Waals surface area contributed by atoms with E-state index in [0.29, 0.717) is 11.4 Å². The molecular formula is C10H12ClNO2. The SMILES string of the molecule is NC1CC(CO)Oc2ccc(Cl)cc21. The Hall–Kier alpha value is -0.770. The maximum absolute atomic E-state index is 8.98. The van der Waals surface area contributed by atoms with Crippen LogP contribution in [0.25, 0.3) is 0 Å². The van der Waals surface area contributed by atoms with Crippen molar-refractivity contribution in [2.75, 3.05) is 6.61 Å². The number of rotatable bonds is 1. The second-order valence-electron chi connectivity index (χ2n) is 3.45. The predicted octanol–water partition coefficient (Wildman–Crippen LogP) is 1.48. The number of benzene rings is 1. The summed E-state index contributed by atoms with van der Waals surface area (Å²) in [6.45, 7) is -0.00420. The number of hydrogen-bond acceptors (Lipinski definition) is 3. The van der Waals surface area contributed by atoms with E-state index in [1.165, 1.54) is 0 Å². The average molecular weight is 214 g/mol. The van der Waals surface area contributed by atoms with Gasteiger partial charge in [0.25, 0.3) is 0 Å². The Morgan fingerprint density at radius 1 is 1.57 bits per heavy atom. The largest absolute Gasteiger partial charge is 0.488 e. The van der Waals surface area contributed by atoms with Crippen LogP contribution in [0.3, 0.4) is 0 Å². The molecule has 2 atom stereocenters. The molecule has 4 heteroatoms. The van der Waals surface area contributed by atoms with Gasteiger partial charge in [-0.05, 0) is 18.2 Å². The van der Waals surface area contributed by atoms with E-state index in [-0.39, 0.29) is 18.8 Å². The molecule has 2 rings (SSSR count). The molecule has 0 spiro atoms. The fraction of sp³-hybridized carbons (Fsp3) is 0.400. The first-order chi connectivity index (χ1) is 6.70. The molecule has 1 aliphatic heterocycles. The summed E-state index contributed by atoms with van der Waals surface area (Å²) < 4.78 is 5.52. The van der Waals surface area contributed by atoms with Crippen LogP contribution in [0, 0.1) is 0 Å². The summed E-state index contributed by atoms with van der Waals surface area (Å²) in [5, 5.41) is 9.64. The molecule has 76 valence electrons. The van der Waals surface area contributed by atoms with Crippen LogP contribution in [-0.2, 0) is 0 Å². The van der Waals surface area contributed by atoms with Gasteiger partial charge in [-0.25, -0.2) is 0 Å². The Labute approximate surface area is 87.4 Å². The zero-order chi connectivity index (χ0) is 10.1. The first-order valence-electron chi connectivity index (χ1n) is 4.53. The molecule has 0 amide bonds. The average Bonchev–Trinajstić information content (AvgIpc) is 2.19. The highest BCUT2D eigenvalue weighted by Gasteiger charge is 2.25. The summed E-state index contributed by atoms with van der Waals surface area (Å²) in [6.07, 6.45) is 0.433. The van der Waals surface area contributed by atoms with Gasteiger partial charge in [0.1, 0.15) is 11.9 Å². The molecule has 0 saturated carbocycles. The minimum atomic E-state index is -0.196. The minimum absolute atomic E-state index is 0.00420. The summed E-state index contributed by atoms with van der Waals surface area (Å²) in [4.78, 5) is 0. The Balaban J connectivity index is 2.35. The highest BCUT2D eigenvalue weighted by molar-refractivity contribution is 6.30. The fourth-order valence-electron chi connectivity index (χ4n) is 1.67. The van der Waals surface area contributed by atoms with Crippen LogP contribution >= 0.6 is 11.6 Å². The number of ether oxygens (including phenoxy) is 1. The third-order valence-corrected chi connectivity index (χ3v) is 2.62. The van der Waals surface area contributed by atoms with Gasteiger partial charge in [-0.2, -0.15) is 0 Å². The van der Waals surface area contributed by atoms with E-state index in [1.807, 2.05) is 6.07 Å². The molecule has 3 N–H and O–H groups in total. The quantitative estimate of drug-likeness (QED) is 0.743. The van der Waals surface area contributed by atoms with E-state index in [4.69, 9.17) is 27.2 Å². The number of hydrogen-bond donors (Lipinski definition) is 2. The second-order valence-corrected chi connectivity index (χ2v) is 3.88. The molecule has 1 aromatic carbocycles. The van der Waals surface area contributed by atoms with Crippen LogP contribution < -0.4 is 10.5 Å². The standard InChI is InChI=1S/C10H12ClNO2/c11-6-1-2-10-8(3-6)9(12)4-7(5-13)14-10/h1-3,7,9,13H,4-5,12H2. The molecule has 1 aliphatic rings. The van der Waals surface area contributed by atoms with Gasteiger partial charge in [0.05, 0.1) is 6.61 Å². The van der Waals surface area contributed by atoms with Crippen LogP contribution in [0.2, 0.25) is 5.02 Å². The van der Waals surface area contributed by atoms with Crippen molar-refractivity contribution < 1.29 is 9.84 Å². The van der Waals surface area contributed by atoms with E-state index in [1.54, 1.807) is 12.1 Å². The molecule has 1 aromatic rings. The van der Waals surface area contributed by atoms with Crippen LogP contribution in [0.1, 0.15) is 18.0 Å². The zero-order valence-electron chi connectivity index (χ0n) is 7.61. The van der Waals surface area contributed by atoms with E-state index < -0.39 is 0 Å². The first kappa shape index (κ1) is 9.77. The minimum Gasteiger partial charge on any atom is -0.488 e. The lowest BCUT2D eigenvalue weighted by Crippen LogP contribution is -2.31. The summed E-state index contributed by atoms with van der Waals surface area (Å²) in [5.41, 5.74) is 6.85. The number of aliphatic hydroxyl groups is 1. The van der Waals surface area contributed by atoms with Crippen molar-refractivity contribution in [1.82, 2.24) is 0 Å². The van der Waals surface area contributed by atoms with Gasteiger partial charge in [0, 0.05) is 23.0 Å². The van der Waals surface area contributed by atoms with Crippen molar-refractivity contribution in [1.29, 1.82) is 0 Å². The lowest BCUT2D eigenvalue weighted by Gasteiger charge is -2.29. The molecule has 14 heavy (non-hydrogen) atoms. The van der Waals surface area contributed by atoms with Crippen molar-refractivity contribution in [2.45, 2.75) is 18.6 Å². The Kier molecular flexibility index (Phi) is 2.63. The molecule has 0 aliphatic carbocycles. The van der Waals surface area contributed by atoms with Crippen molar-refractivity contribution >= 4 is 11.6 Å². The Morgan fingerprint density at radius 3 is 3.07 bits per heavy atom. The van der Waals surface area contributed by atoms with Crippen LogP contribution in [0.5, 0.6) is 5.75 Å². The summed E-state index contributed by atoms with van der Waals surface area (Å²) >= 11 is 5.85. The third-order valence-electron chi connectivity index (χ3n) is 2.39. The lowest BCUT2D eigenvalue weighted by atomic mass is 9.98. The fourth-order valence-corrected chi connectivity index (χ4v) is 1.85. The van der Waals surface area contributed by atoms with Gasteiger partial charge in [-0.1, -0.05) is 11.6 Å². The maximum Gasteiger partial charge on any atom is 0.124 e. The molecule has 0 radical (unpaired) electrons. The molecule has 2 unspecified atom stereocenters. The van der Waals surface area contributed by atoms with Gasteiger partial charge in [0.2, 0.25) is 0 Å². The zero-order valence-corrected chi connectivity index (χ0v) is 8.37. The van der Waals surface area contributed by atoms with Crippen molar-refractivity contribution in [2.24, 2.45) is 5.73 Å². The second kappa shape index (κ2) is 3.77. The topological polar surface area (TPSA) is 55.5 Å². The predicted molar refractivity (Wildman–Crippen MR) is 54.5 cm³/mol. The molecule has 0 fully saturated rings. The van der Waals surface area contributed by atoms with Gasteiger partial charge in [-0.3, -0.25) is 0 Å². The van der Waals surface area contributed by atoms with Gasteiger partial charge < -0.3 is 15.6 Å². The number of nitrogens with two attached hydrogens (primary N) is 1. The normalized spacial score (nSPS) is 25.4. The molecule has 3 nitrogen and oxygen atoms in total. The van der Waals surface area contributed by atoms with Gasteiger partial charge >= 0.3 is 0 Å². The molecule has 0 aromatic heterocycles. The van der Waals surface area contributed by atoms with Gasteiger partial charge in [-0.15, -0.1) is 0 Å². The van der Waals surface area contributed by atoms with Crippen molar-refractivity contribution in [3.63, 3.8) is 0 Å². The smallest absolute Gasteiger partial charge is 0.124 e. The van der Waals surface area contributed by atoms with E-state index in [9.17, 15) is 0 Å². The Bertz CT molecular complexity index is 343. The van der Waals surface area contributed by atoms with Crippen LogP contribution in [-0.4, -0.2) is 17.8 Å². The van der Waals surface area contributed by atoms with Crippen LogP contribution in [0.15, 0.2) is 18.2 Å².